The summed E-state index contributed by atoms with van der Waals surface area (Å²) in [5.74, 6) is -1.90. The zero-order valence-corrected chi connectivity index (χ0v) is 13.0. The minimum absolute atomic E-state index is 0.000697. The summed E-state index contributed by atoms with van der Waals surface area (Å²) in [6, 6.07) is 10.9. The maximum absolute atomic E-state index is 11.3. The Balaban J connectivity index is 2.13. The number of anilines is 1. The second-order valence-electron chi connectivity index (χ2n) is 5.10. The van der Waals surface area contributed by atoms with E-state index in [1.54, 1.807) is 6.07 Å². The number of aromatic hydroxyl groups is 1. The lowest BCUT2D eigenvalue weighted by molar-refractivity contribution is -0.132. The van der Waals surface area contributed by atoms with Gasteiger partial charge in [-0.2, -0.15) is 0 Å². The Labute approximate surface area is 136 Å². The van der Waals surface area contributed by atoms with E-state index in [0.717, 1.165) is 5.39 Å². The van der Waals surface area contributed by atoms with Gasteiger partial charge in [-0.25, -0.2) is 4.98 Å². The lowest BCUT2D eigenvalue weighted by Gasteiger charge is -2.01. The molecule has 3 aromatic rings. The predicted molar refractivity (Wildman–Crippen MR) is 86.7 cm³/mol. The summed E-state index contributed by atoms with van der Waals surface area (Å²) in [6.45, 7) is 2.45. The topological polar surface area (TPSA) is 102 Å². The van der Waals surface area contributed by atoms with Gasteiger partial charge in [0.15, 0.2) is 0 Å². The van der Waals surface area contributed by atoms with Gasteiger partial charge in [0.2, 0.25) is 29.1 Å². The van der Waals surface area contributed by atoms with E-state index < -0.39 is 17.6 Å². The van der Waals surface area contributed by atoms with Crippen LogP contribution in [0.25, 0.3) is 22.4 Å². The third-order valence-corrected chi connectivity index (χ3v) is 3.21. The standard InChI is InChI=1S/C17H14N2O5/c1-9(20)18-17-16(23-10(2)21)14(22)15(24-17)13-8-7-11-5-3-4-6-12(11)19-13/h3-8,22H,1-2H3,(H,18,20). The number of furan rings is 1. The first kappa shape index (κ1) is 15.5. The Morgan fingerprint density at radius 1 is 1.17 bits per heavy atom. The Hall–Kier alpha value is -3.35. The van der Waals surface area contributed by atoms with E-state index in [2.05, 4.69) is 10.3 Å². The summed E-state index contributed by atoms with van der Waals surface area (Å²) in [5.41, 5.74) is 1.05. The fraction of sp³-hybridized carbons (Fsp3) is 0.118. The third kappa shape index (κ3) is 2.91. The van der Waals surface area contributed by atoms with E-state index in [9.17, 15) is 14.7 Å². The van der Waals surface area contributed by atoms with Crippen molar-refractivity contribution < 1.29 is 23.8 Å². The maximum Gasteiger partial charge on any atom is 0.308 e. The summed E-state index contributed by atoms with van der Waals surface area (Å²) < 4.78 is 10.4. The molecule has 2 aromatic heterocycles. The summed E-state index contributed by atoms with van der Waals surface area (Å²) >= 11 is 0. The highest BCUT2D eigenvalue weighted by Gasteiger charge is 2.25. The van der Waals surface area contributed by atoms with Gasteiger partial charge in [0.05, 0.1) is 5.52 Å². The van der Waals surface area contributed by atoms with E-state index in [1.165, 1.54) is 13.8 Å². The average molecular weight is 326 g/mol. The Morgan fingerprint density at radius 2 is 1.92 bits per heavy atom. The second-order valence-corrected chi connectivity index (χ2v) is 5.10. The van der Waals surface area contributed by atoms with Crippen LogP contribution in [0.1, 0.15) is 13.8 Å². The largest absolute Gasteiger partial charge is 0.501 e. The SMILES string of the molecule is CC(=O)Nc1oc(-c2ccc3ccccc3n2)c(O)c1OC(C)=O. The number of ether oxygens (including phenoxy) is 1. The molecule has 2 heterocycles. The summed E-state index contributed by atoms with van der Waals surface area (Å²) in [6.07, 6.45) is 0. The first-order chi connectivity index (χ1) is 11.5. The maximum atomic E-state index is 11.3. The highest BCUT2D eigenvalue weighted by molar-refractivity contribution is 5.92. The molecule has 2 N–H and O–H groups in total. The van der Waals surface area contributed by atoms with Crippen LogP contribution in [0.15, 0.2) is 40.8 Å². The molecule has 0 aliphatic rings. The van der Waals surface area contributed by atoms with Crippen molar-refractivity contribution in [3.8, 4) is 23.0 Å². The van der Waals surface area contributed by atoms with Gasteiger partial charge in [-0.15, -0.1) is 0 Å². The molecule has 0 fully saturated rings. The number of para-hydroxylation sites is 1. The van der Waals surface area contributed by atoms with E-state index in [1.807, 2.05) is 30.3 Å². The normalized spacial score (nSPS) is 10.6. The number of pyridine rings is 1. The quantitative estimate of drug-likeness (QED) is 0.717. The summed E-state index contributed by atoms with van der Waals surface area (Å²) in [4.78, 5) is 26.9. The molecule has 0 bridgehead atoms. The van der Waals surface area contributed by atoms with Gasteiger partial charge in [-0.05, 0) is 12.1 Å². The number of hydrogen-bond donors (Lipinski definition) is 2. The molecule has 3 rings (SSSR count). The number of nitrogens with zero attached hydrogens (tertiary/aromatic N) is 1. The molecule has 7 nitrogen and oxygen atoms in total. The third-order valence-electron chi connectivity index (χ3n) is 3.21. The molecule has 0 radical (unpaired) electrons. The molecule has 0 unspecified atom stereocenters. The van der Waals surface area contributed by atoms with Crippen LogP contribution in [0, 0.1) is 0 Å². The molecule has 0 aliphatic carbocycles. The summed E-state index contributed by atoms with van der Waals surface area (Å²) in [5, 5.41) is 13.6. The number of nitrogens with one attached hydrogen (secondary N) is 1. The second kappa shape index (κ2) is 6.04. The zero-order valence-electron chi connectivity index (χ0n) is 13.0. The number of carbonyl (C=O) groups excluding carboxylic acids is 2. The van der Waals surface area contributed by atoms with Crippen molar-refractivity contribution in [3.63, 3.8) is 0 Å². The van der Waals surface area contributed by atoms with Crippen molar-refractivity contribution in [2.45, 2.75) is 13.8 Å². The van der Waals surface area contributed by atoms with Gasteiger partial charge < -0.3 is 14.3 Å². The fourth-order valence-electron chi connectivity index (χ4n) is 2.25. The number of hydrogen-bond acceptors (Lipinski definition) is 6. The van der Waals surface area contributed by atoms with E-state index in [0.29, 0.717) is 11.2 Å². The monoisotopic (exact) mass is 326 g/mol. The van der Waals surface area contributed by atoms with Crippen molar-refractivity contribution in [1.29, 1.82) is 0 Å². The molecule has 24 heavy (non-hydrogen) atoms. The van der Waals surface area contributed by atoms with E-state index in [4.69, 9.17) is 9.15 Å². The Bertz CT molecular complexity index is 945. The molecule has 0 saturated carbocycles. The van der Waals surface area contributed by atoms with Gasteiger partial charge in [0.1, 0.15) is 5.69 Å². The van der Waals surface area contributed by atoms with Crippen molar-refractivity contribution in [2.24, 2.45) is 0 Å². The van der Waals surface area contributed by atoms with Crippen LogP contribution in [-0.4, -0.2) is 22.0 Å². The lowest BCUT2D eigenvalue weighted by Crippen LogP contribution is -2.08. The van der Waals surface area contributed by atoms with Crippen LogP contribution in [0.2, 0.25) is 0 Å². The molecule has 0 atom stereocenters. The Kier molecular flexibility index (Phi) is 3.91. The van der Waals surface area contributed by atoms with Gasteiger partial charge in [-0.3, -0.25) is 14.9 Å². The smallest absolute Gasteiger partial charge is 0.308 e. The minimum Gasteiger partial charge on any atom is -0.501 e. The molecule has 122 valence electrons. The molecule has 1 aromatic carbocycles. The van der Waals surface area contributed by atoms with Crippen LogP contribution >= 0.6 is 0 Å². The molecule has 1 amide bonds. The van der Waals surface area contributed by atoms with E-state index in [-0.39, 0.29) is 17.4 Å². The predicted octanol–water partition coefficient (Wildman–Crippen LogP) is 3.08. The van der Waals surface area contributed by atoms with E-state index >= 15 is 0 Å². The van der Waals surface area contributed by atoms with Crippen LogP contribution < -0.4 is 10.1 Å². The molecular weight excluding hydrogens is 312 g/mol. The number of fused-ring (bicyclic) bond motifs is 1. The number of rotatable bonds is 3. The van der Waals surface area contributed by atoms with Crippen LogP contribution in [-0.2, 0) is 9.59 Å². The molecule has 0 saturated heterocycles. The number of amides is 1. The van der Waals surface area contributed by atoms with Crippen molar-refractivity contribution in [2.75, 3.05) is 5.32 Å². The lowest BCUT2D eigenvalue weighted by atomic mass is 10.2. The van der Waals surface area contributed by atoms with Gasteiger partial charge in [-0.1, -0.05) is 24.3 Å². The van der Waals surface area contributed by atoms with Crippen molar-refractivity contribution in [3.05, 3.63) is 36.4 Å². The molecule has 7 heteroatoms. The molecule has 0 aliphatic heterocycles. The van der Waals surface area contributed by atoms with Crippen molar-refractivity contribution >= 4 is 28.7 Å². The molecule has 0 spiro atoms. The summed E-state index contributed by atoms with van der Waals surface area (Å²) in [7, 11) is 0. The number of benzene rings is 1. The first-order valence-electron chi connectivity index (χ1n) is 7.13. The number of esters is 1. The number of carbonyl (C=O) groups is 2. The Morgan fingerprint density at radius 3 is 2.62 bits per heavy atom. The average Bonchev–Trinajstić information content (AvgIpc) is 2.82. The van der Waals surface area contributed by atoms with Gasteiger partial charge in [0.25, 0.3) is 0 Å². The van der Waals surface area contributed by atoms with Gasteiger partial charge in [0, 0.05) is 19.2 Å². The van der Waals surface area contributed by atoms with Crippen LogP contribution in [0.4, 0.5) is 5.88 Å². The van der Waals surface area contributed by atoms with Crippen molar-refractivity contribution in [1.82, 2.24) is 4.98 Å². The zero-order chi connectivity index (χ0) is 17.3. The van der Waals surface area contributed by atoms with Crippen LogP contribution in [0.5, 0.6) is 11.5 Å². The first-order valence-corrected chi connectivity index (χ1v) is 7.13. The van der Waals surface area contributed by atoms with Crippen LogP contribution in [0.3, 0.4) is 0 Å². The fourth-order valence-corrected chi connectivity index (χ4v) is 2.25. The number of aromatic nitrogens is 1. The minimum atomic E-state index is -0.657. The van der Waals surface area contributed by atoms with Gasteiger partial charge >= 0.3 is 5.97 Å². The highest BCUT2D eigenvalue weighted by Crippen LogP contribution is 2.45. The molecular formula is C17H14N2O5. The highest BCUT2D eigenvalue weighted by atomic mass is 16.6.